The molecule has 0 aromatic carbocycles. The van der Waals surface area contributed by atoms with Gasteiger partial charge in [0.05, 0.1) is 39.6 Å². The van der Waals surface area contributed by atoms with Gasteiger partial charge in [0.2, 0.25) is 11.6 Å². The number of hydrogen-bond donors (Lipinski definition) is 22. The summed E-state index contributed by atoms with van der Waals surface area (Å²) in [6.45, 7) is -6.63. The van der Waals surface area contributed by atoms with Gasteiger partial charge in [-0.2, -0.15) is 0 Å². The number of aliphatic hydroxyl groups excluding tert-OH is 22. The largest absolute Gasteiger partial charge is 0.394 e. The van der Waals surface area contributed by atoms with Gasteiger partial charge in [-0.05, 0) is 0 Å². The Kier molecular flexibility index (Phi) is 20.5. The second-order valence-corrected chi connectivity index (χ2v) is 16.8. The minimum absolute atomic E-state index is 0.634. The summed E-state index contributed by atoms with van der Waals surface area (Å²) in [6, 6.07) is 0. The van der Waals surface area contributed by atoms with Gasteiger partial charge in [0.15, 0.2) is 25.2 Å². The predicted octanol–water partition coefficient (Wildman–Crippen LogP) is -15.1. The lowest BCUT2D eigenvalue weighted by atomic mass is 9.98. The summed E-state index contributed by atoms with van der Waals surface area (Å²) in [6.07, 6.45) is -44.1. The first-order valence-corrected chi connectivity index (χ1v) is 21.1. The van der Waals surface area contributed by atoms with E-state index in [1.54, 1.807) is 0 Å². The minimum Gasteiger partial charge on any atom is -0.394 e. The van der Waals surface area contributed by atoms with Crippen LogP contribution >= 0.6 is 0 Å². The van der Waals surface area contributed by atoms with E-state index in [9.17, 15) is 112 Å². The monoisotopic (exact) mass is 1010 g/mol. The molecule has 0 aromatic heterocycles. The quantitative estimate of drug-likeness (QED) is 0.0683. The molecule has 6 heterocycles. The number of ether oxygens (including phenoxy) is 10. The van der Waals surface area contributed by atoms with Gasteiger partial charge >= 0.3 is 0 Å². The van der Waals surface area contributed by atoms with Crippen LogP contribution in [0.1, 0.15) is 0 Å². The molecule has 32 nitrogen and oxygen atoms in total. The fraction of sp³-hybridized carbons (Fsp3) is 1.00. The highest BCUT2D eigenvalue weighted by molar-refractivity contribution is 5.02. The maximum atomic E-state index is 10.6. The molecule has 6 aliphatic heterocycles. The summed E-state index contributed by atoms with van der Waals surface area (Å²) in [7, 11) is 0. The van der Waals surface area contributed by atoms with Crippen molar-refractivity contribution in [3.8, 4) is 0 Å². The van der Waals surface area contributed by atoms with E-state index in [-0.39, 0.29) is 0 Å². The zero-order valence-electron chi connectivity index (χ0n) is 35.6. The van der Waals surface area contributed by atoms with Gasteiger partial charge in [0, 0.05) is 0 Å². The van der Waals surface area contributed by atoms with Crippen molar-refractivity contribution < 1.29 is 160 Å². The SMILES string of the molecule is OC[C@H]1O[C@@](CO)(O[C@H]2O[C@H](CO)[C@@H](O)[C@H](O)[C@H]2O)[C@@H](O[C@H]2O[C@H](CO)[C@@H](O)[C@H](O)[C@H]2O)[C@@H]1O.OC[C@H]1O[C@H](OC[C@H]2O[C@H](O[C@]3(CO)O[C@H](CO)[C@@H](O)[C@@H]3O)[C@H](O)[C@@H](O)[C@@H]2O)[C@H](O)[C@@H](O)[C@H]1O. The van der Waals surface area contributed by atoms with E-state index in [4.69, 9.17) is 47.4 Å². The van der Waals surface area contributed by atoms with Crippen LogP contribution in [0.5, 0.6) is 0 Å². The Balaban J connectivity index is 0.000000254. The summed E-state index contributed by atoms with van der Waals surface area (Å²) in [5.74, 6) is -4.79. The zero-order chi connectivity index (χ0) is 50.7. The van der Waals surface area contributed by atoms with Gasteiger partial charge in [0.1, 0.15) is 148 Å². The molecule has 0 bridgehead atoms. The highest BCUT2D eigenvalue weighted by atomic mass is 16.8. The molecule has 0 aromatic rings. The molecule has 0 unspecified atom stereocenters. The lowest BCUT2D eigenvalue weighted by Gasteiger charge is -2.45. The van der Waals surface area contributed by atoms with E-state index in [0.717, 1.165) is 0 Å². The molecule has 68 heavy (non-hydrogen) atoms. The summed E-state index contributed by atoms with van der Waals surface area (Å²) < 4.78 is 53.4. The summed E-state index contributed by atoms with van der Waals surface area (Å²) >= 11 is 0. The van der Waals surface area contributed by atoms with Gasteiger partial charge < -0.3 is 160 Å². The second kappa shape index (κ2) is 24.2. The van der Waals surface area contributed by atoms with Crippen LogP contribution in [0.4, 0.5) is 0 Å². The first kappa shape index (κ1) is 57.6. The van der Waals surface area contributed by atoms with E-state index in [1.165, 1.54) is 0 Å². The van der Waals surface area contributed by atoms with Gasteiger partial charge in [-0.15, -0.1) is 0 Å². The van der Waals surface area contributed by atoms with Crippen LogP contribution < -0.4 is 0 Å². The highest BCUT2D eigenvalue weighted by Crippen LogP contribution is 2.40. The topological polar surface area (TPSA) is 537 Å². The molecule has 0 aliphatic carbocycles. The smallest absolute Gasteiger partial charge is 0.224 e. The zero-order valence-corrected chi connectivity index (χ0v) is 35.6. The number of hydrogen-bond acceptors (Lipinski definition) is 32. The summed E-state index contributed by atoms with van der Waals surface area (Å²) in [4.78, 5) is 0. The average molecular weight is 1010 g/mol. The normalized spacial score (nSPS) is 52.1. The Bertz CT molecular complexity index is 1520. The molecular weight excluding hydrogens is 944 g/mol. The third kappa shape index (κ3) is 11.4. The Morgan fingerprint density at radius 2 is 0.662 bits per heavy atom. The summed E-state index contributed by atoms with van der Waals surface area (Å²) in [5.41, 5.74) is 0. The molecule has 6 aliphatic rings. The van der Waals surface area contributed by atoms with Gasteiger partial charge in [-0.1, -0.05) is 0 Å². The van der Waals surface area contributed by atoms with Crippen LogP contribution in [0.3, 0.4) is 0 Å². The lowest BCUT2D eigenvalue weighted by molar-refractivity contribution is -0.400. The molecule has 6 saturated heterocycles. The van der Waals surface area contributed by atoms with Gasteiger partial charge in [-0.25, -0.2) is 0 Å². The average Bonchev–Trinajstić information content (AvgIpc) is 3.75. The first-order chi connectivity index (χ1) is 32.0. The van der Waals surface area contributed by atoms with Crippen LogP contribution in [0.25, 0.3) is 0 Å². The molecule has 0 saturated carbocycles. The number of rotatable bonds is 16. The van der Waals surface area contributed by atoms with Crippen LogP contribution in [0.2, 0.25) is 0 Å². The molecular formula is C36H64O32. The first-order valence-electron chi connectivity index (χ1n) is 21.1. The molecule has 32 heteroatoms. The Hall–Kier alpha value is -1.28. The van der Waals surface area contributed by atoms with Crippen molar-refractivity contribution in [2.45, 2.75) is 171 Å². The fourth-order valence-corrected chi connectivity index (χ4v) is 8.14. The van der Waals surface area contributed by atoms with Crippen LogP contribution in [-0.2, 0) is 47.4 Å². The molecule has 0 spiro atoms. The van der Waals surface area contributed by atoms with Crippen molar-refractivity contribution >= 4 is 0 Å². The maximum absolute atomic E-state index is 10.6. The van der Waals surface area contributed by atoms with Crippen molar-refractivity contribution in [3.63, 3.8) is 0 Å². The minimum atomic E-state index is -2.43. The van der Waals surface area contributed by atoms with E-state index < -0.39 is 224 Å². The molecule has 6 rings (SSSR count). The van der Waals surface area contributed by atoms with Crippen molar-refractivity contribution in [1.82, 2.24) is 0 Å². The second-order valence-electron chi connectivity index (χ2n) is 16.8. The third-order valence-corrected chi connectivity index (χ3v) is 12.3. The van der Waals surface area contributed by atoms with E-state index >= 15 is 0 Å². The summed E-state index contributed by atoms with van der Waals surface area (Å²) in [5, 5.41) is 218. The molecule has 28 atom stereocenters. The number of aliphatic hydroxyl groups is 22. The maximum Gasteiger partial charge on any atom is 0.224 e. The lowest BCUT2D eigenvalue weighted by Crippen LogP contribution is -2.64. The van der Waals surface area contributed by atoms with Crippen LogP contribution in [0.15, 0.2) is 0 Å². The predicted molar refractivity (Wildman–Crippen MR) is 203 cm³/mol. The fourth-order valence-electron chi connectivity index (χ4n) is 8.14. The van der Waals surface area contributed by atoms with E-state index in [1.807, 2.05) is 0 Å². The van der Waals surface area contributed by atoms with Crippen LogP contribution in [-0.4, -0.2) is 336 Å². The standard InChI is InChI=1S/2C18H32O16/c19-1-5-8(22)11(25)13(27)16(31-5)30-3-7-9(23)12(26)14(28)17(32-7)34-18(4-21)15(29)10(24)6(2-20)33-18;19-1-5-8(23)11(26)13(28)16(30-5)32-15-10(25)7(3-21)33-18(15,4-22)34-17-14(29)12(27)9(24)6(2-20)31-17/h2*5-17,19-29H,1-4H2/t5-,6-,7-,8+,9-,10-,11+,12+,13-,14-,15+,16+,17-,18+;5-,6-,7-,8-,9-,10-,11+,12+,13-,14-,15+,16-,17-,18+/m11/s1. The van der Waals surface area contributed by atoms with Gasteiger partial charge in [-0.3, -0.25) is 0 Å². The Morgan fingerprint density at radius 3 is 1.09 bits per heavy atom. The van der Waals surface area contributed by atoms with Crippen molar-refractivity contribution in [1.29, 1.82) is 0 Å². The van der Waals surface area contributed by atoms with E-state index in [0.29, 0.717) is 0 Å². The Labute approximate surface area is 383 Å². The molecule has 400 valence electrons. The third-order valence-electron chi connectivity index (χ3n) is 12.3. The molecule has 0 radical (unpaired) electrons. The van der Waals surface area contributed by atoms with Crippen LogP contribution in [0, 0.1) is 0 Å². The van der Waals surface area contributed by atoms with Crippen molar-refractivity contribution in [2.24, 2.45) is 0 Å². The molecule has 0 amide bonds. The highest BCUT2D eigenvalue weighted by Gasteiger charge is 2.62. The molecule has 22 N–H and O–H groups in total. The van der Waals surface area contributed by atoms with Gasteiger partial charge in [0.25, 0.3) is 0 Å². The van der Waals surface area contributed by atoms with Crippen molar-refractivity contribution in [3.05, 3.63) is 0 Å². The molecule has 6 fully saturated rings. The van der Waals surface area contributed by atoms with Crippen molar-refractivity contribution in [2.75, 3.05) is 52.9 Å². The van der Waals surface area contributed by atoms with E-state index in [2.05, 4.69) is 0 Å². The Morgan fingerprint density at radius 1 is 0.324 bits per heavy atom.